The van der Waals surface area contributed by atoms with Crippen molar-refractivity contribution in [1.82, 2.24) is 4.90 Å². The molecule has 1 aromatic carbocycles. The number of hydrogen-bond donors (Lipinski definition) is 1. The lowest BCUT2D eigenvalue weighted by atomic mass is 9.86. The zero-order valence-electron chi connectivity index (χ0n) is 11.5. The maximum atomic E-state index is 12.4. The number of rotatable bonds is 2. The number of carbonyl (C=O) groups is 1. The SMILES string of the molecule is CC(C)C1CCN(C(=O)c2ccc(Br)c(N)c2)CC1. The molecular weight excluding hydrogens is 304 g/mol. The minimum Gasteiger partial charge on any atom is -0.398 e. The quantitative estimate of drug-likeness (QED) is 0.846. The van der Waals surface area contributed by atoms with Crippen LogP contribution in [-0.4, -0.2) is 23.9 Å². The summed E-state index contributed by atoms with van der Waals surface area (Å²) in [6.07, 6.45) is 2.21. The van der Waals surface area contributed by atoms with E-state index in [-0.39, 0.29) is 5.91 Å². The average molecular weight is 325 g/mol. The van der Waals surface area contributed by atoms with Crippen molar-refractivity contribution in [2.24, 2.45) is 11.8 Å². The van der Waals surface area contributed by atoms with Gasteiger partial charge in [-0.3, -0.25) is 4.79 Å². The van der Waals surface area contributed by atoms with E-state index < -0.39 is 0 Å². The Labute approximate surface area is 123 Å². The lowest BCUT2D eigenvalue weighted by Crippen LogP contribution is -2.39. The smallest absolute Gasteiger partial charge is 0.253 e. The van der Waals surface area contributed by atoms with E-state index in [9.17, 15) is 4.79 Å². The molecule has 0 atom stereocenters. The van der Waals surface area contributed by atoms with Gasteiger partial charge in [0.25, 0.3) is 5.91 Å². The van der Waals surface area contributed by atoms with Crippen LogP contribution >= 0.6 is 15.9 Å². The van der Waals surface area contributed by atoms with Crippen molar-refractivity contribution >= 4 is 27.5 Å². The van der Waals surface area contributed by atoms with Gasteiger partial charge in [-0.1, -0.05) is 13.8 Å². The molecule has 3 nitrogen and oxygen atoms in total. The Morgan fingerprint density at radius 3 is 2.53 bits per heavy atom. The molecule has 1 fully saturated rings. The summed E-state index contributed by atoms with van der Waals surface area (Å²) >= 11 is 3.35. The molecule has 0 unspecified atom stereocenters. The van der Waals surface area contributed by atoms with E-state index >= 15 is 0 Å². The van der Waals surface area contributed by atoms with Crippen molar-refractivity contribution in [1.29, 1.82) is 0 Å². The van der Waals surface area contributed by atoms with E-state index in [1.165, 1.54) is 0 Å². The van der Waals surface area contributed by atoms with Gasteiger partial charge in [-0.05, 0) is 58.8 Å². The molecule has 1 aromatic rings. The third-order valence-electron chi connectivity index (χ3n) is 4.01. The fourth-order valence-corrected chi connectivity index (χ4v) is 2.88. The minimum atomic E-state index is 0.0985. The number of carbonyl (C=O) groups excluding carboxylic acids is 1. The molecule has 0 bridgehead atoms. The van der Waals surface area contributed by atoms with Crippen LogP contribution in [0.4, 0.5) is 5.69 Å². The number of halogens is 1. The van der Waals surface area contributed by atoms with Gasteiger partial charge in [0.1, 0.15) is 0 Å². The molecule has 0 spiro atoms. The van der Waals surface area contributed by atoms with E-state index in [0.717, 1.165) is 36.3 Å². The molecule has 0 saturated carbocycles. The monoisotopic (exact) mass is 324 g/mol. The van der Waals surface area contributed by atoms with E-state index in [2.05, 4.69) is 29.8 Å². The van der Waals surface area contributed by atoms with Gasteiger partial charge in [0.15, 0.2) is 0 Å². The second kappa shape index (κ2) is 5.95. The molecule has 2 N–H and O–H groups in total. The van der Waals surface area contributed by atoms with E-state index in [1.54, 1.807) is 6.07 Å². The third kappa shape index (κ3) is 3.30. The van der Waals surface area contributed by atoms with Gasteiger partial charge in [-0.15, -0.1) is 0 Å². The Bertz CT molecular complexity index is 465. The predicted octanol–water partition coefficient (Wildman–Crippen LogP) is 3.54. The summed E-state index contributed by atoms with van der Waals surface area (Å²) in [5.74, 6) is 1.56. The molecule has 19 heavy (non-hydrogen) atoms. The van der Waals surface area contributed by atoms with Gasteiger partial charge in [0.05, 0.1) is 0 Å². The Kier molecular flexibility index (Phi) is 4.50. The summed E-state index contributed by atoms with van der Waals surface area (Å²) < 4.78 is 0.836. The highest BCUT2D eigenvalue weighted by atomic mass is 79.9. The van der Waals surface area contributed by atoms with Crippen molar-refractivity contribution in [3.05, 3.63) is 28.2 Å². The zero-order chi connectivity index (χ0) is 14.0. The molecule has 1 saturated heterocycles. The Morgan fingerprint density at radius 2 is 2.00 bits per heavy atom. The second-order valence-corrected chi connectivity index (χ2v) is 6.46. The Balaban J connectivity index is 2.03. The van der Waals surface area contributed by atoms with Gasteiger partial charge in [0, 0.05) is 28.8 Å². The van der Waals surface area contributed by atoms with E-state index in [1.807, 2.05) is 17.0 Å². The maximum absolute atomic E-state index is 12.4. The first-order valence-electron chi connectivity index (χ1n) is 6.83. The predicted molar refractivity (Wildman–Crippen MR) is 82.0 cm³/mol. The van der Waals surface area contributed by atoms with Crippen LogP contribution < -0.4 is 5.73 Å². The van der Waals surface area contributed by atoms with Crippen LogP contribution in [0, 0.1) is 11.8 Å². The van der Waals surface area contributed by atoms with Crippen molar-refractivity contribution < 1.29 is 4.79 Å². The summed E-state index contributed by atoms with van der Waals surface area (Å²) in [7, 11) is 0. The van der Waals surface area contributed by atoms with Crippen molar-refractivity contribution in [2.45, 2.75) is 26.7 Å². The van der Waals surface area contributed by atoms with Crippen molar-refractivity contribution in [2.75, 3.05) is 18.8 Å². The number of nitrogens with zero attached hydrogens (tertiary/aromatic N) is 1. The molecule has 0 aromatic heterocycles. The topological polar surface area (TPSA) is 46.3 Å². The first-order chi connectivity index (χ1) is 8.99. The van der Waals surface area contributed by atoms with E-state index in [4.69, 9.17) is 5.73 Å². The summed E-state index contributed by atoms with van der Waals surface area (Å²) in [6, 6.07) is 5.42. The first kappa shape index (κ1) is 14.4. The highest BCUT2D eigenvalue weighted by Gasteiger charge is 2.25. The Hall–Kier alpha value is -1.03. The Morgan fingerprint density at radius 1 is 1.37 bits per heavy atom. The van der Waals surface area contributed by atoms with Crippen molar-refractivity contribution in [3.8, 4) is 0 Å². The van der Waals surface area contributed by atoms with Gasteiger partial charge in [0.2, 0.25) is 0 Å². The van der Waals surface area contributed by atoms with Gasteiger partial charge < -0.3 is 10.6 Å². The summed E-state index contributed by atoms with van der Waals surface area (Å²) in [4.78, 5) is 14.3. The first-order valence-corrected chi connectivity index (χ1v) is 7.62. The molecule has 0 aliphatic carbocycles. The molecule has 104 valence electrons. The summed E-state index contributed by atoms with van der Waals surface area (Å²) in [6.45, 7) is 6.24. The normalized spacial score (nSPS) is 16.9. The fourth-order valence-electron chi connectivity index (χ4n) is 2.63. The summed E-state index contributed by atoms with van der Waals surface area (Å²) in [5, 5.41) is 0. The summed E-state index contributed by atoms with van der Waals surface area (Å²) in [5.41, 5.74) is 7.13. The number of nitrogen functional groups attached to an aromatic ring is 1. The molecule has 2 rings (SSSR count). The van der Waals surface area contributed by atoms with Crippen LogP contribution in [-0.2, 0) is 0 Å². The lowest BCUT2D eigenvalue weighted by Gasteiger charge is -2.34. The van der Waals surface area contributed by atoms with Crippen LogP contribution in [0.2, 0.25) is 0 Å². The standard InChI is InChI=1S/C15H21BrN2O/c1-10(2)11-5-7-18(8-6-11)15(19)12-3-4-13(16)14(17)9-12/h3-4,9-11H,5-8,17H2,1-2H3. The van der Waals surface area contributed by atoms with Crippen LogP contribution in [0.25, 0.3) is 0 Å². The average Bonchev–Trinajstić information content (AvgIpc) is 2.41. The van der Waals surface area contributed by atoms with E-state index in [0.29, 0.717) is 17.2 Å². The molecule has 1 aliphatic heterocycles. The number of anilines is 1. The van der Waals surface area contributed by atoms with Crippen LogP contribution in [0.1, 0.15) is 37.0 Å². The zero-order valence-corrected chi connectivity index (χ0v) is 13.1. The molecule has 1 heterocycles. The number of benzene rings is 1. The highest BCUT2D eigenvalue weighted by Crippen LogP contribution is 2.26. The molecule has 1 aliphatic rings. The van der Waals surface area contributed by atoms with Crippen LogP contribution in [0.5, 0.6) is 0 Å². The minimum absolute atomic E-state index is 0.0985. The molecular formula is C15H21BrN2O. The largest absolute Gasteiger partial charge is 0.398 e. The van der Waals surface area contributed by atoms with Gasteiger partial charge >= 0.3 is 0 Å². The highest BCUT2D eigenvalue weighted by molar-refractivity contribution is 9.10. The third-order valence-corrected chi connectivity index (χ3v) is 4.73. The maximum Gasteiger partial charge on any atom is 0.253 e. The number of amides is 1. The fraction of sp³-hybridized carbons (Fsp3) is 0.533. The molecule has 4 heteroatoms. The van der Waals surface area contributed by atoms with Gasteiger partial charge in [-0.2, -0.15) is 0 Å². The van der Waals surface area contributed by atoms with Crippen molar-refractivity contribution in [3.63, 3.8) is 0 Å². The number of piperidine rings is 1. The lowest BCUT2D eigenvalue weighted by molar-refractivity contribution is 0.0668. The van der Waals surface area contributed by atoms with Crippen LogP contribution in [0.15, 0.2) is 22.7 Å². The van der Waals surface area contributed by atoms with Gasteiger partial charge in [-0.25, -0.2) is 0 Å². The number of likely N-dealkylation sites (tertiary alicyclic amines) is 1. The van der Waals surface area contributed by atoms with Crippen LogP contribution in [0.3, 0.4) is 0 Å². The molecule has 1 amide bonds. The number of nitrogens with two attached hydrogens (primary N) is 1. The second-order valence-electron chi connectivity index (χ2n) is 5.61. The number of hydrogen-bond acceptors (Lipinski definition) is 2. The molecule has 0 radical (unpaired) electrons.